The van der Waals surface area contributed by atoms with E-state index in [4.69, 9.17) is 0 Å². The van der Waals surface area contributed by atoms with E-state index in [-0.39, 0.29) is 12.3 Å². The lowest BCUT2D eigenvalue weighted by atomic mass is 9.99. The molecule has 184 valence electrons. The van der Waals surface area contributed by atoms with Gasteiger partial charge in [0.1, 0.15) is 5.82 Å². The fraction of sp³-hybridized carbons (Fsp3) is 0.385. The number of aryl methyl sites for hydroxylation is 2. The Labute approximate surface area is 203 Å². The number of carboxylic acids is 1. The maximum Gasteiger partial charge on any atom is 0.305 e. The van der Waals surface area contributed by atoms with Crippen molar-refractivity contribution in [1.82, 2.24) is 25.2 Å². The zero-order valence-corrected chi connectivity index (χ0v) is 19.5. The Morgan fingerprint density at radius 3 is 2.63 bits per heavy atom. The van der Waals surface area contributed by atoms with Crippen molar-refractivity contribution in [3.05, 3.63) is 83.4 Å². The van der Waals surface area contributed by atoms with E-state index in [9.17, 15) is 19.1 Å². The maximum atomic E-state index is 13.3. The van der Waals surface area contributed by atoms with Gasteiger partial charge in [0, 0.05) is 19.3 Å². The molecule has 1 saturated heterocycles. The number of hydrogen-bond donors (Lipinski definition) is 2. The quantitative estimate of drug-likeness (QED) is 0.463. The van der Waals surface area contributed by atoms with E-state index in [0.717, 1.165) is 38.0 Å². The fourth-order valence-corrected chi connectivity index (χ4v) is 4.48. The summed E-state index contributed by atoms with van der Waals surface area (Å²) < 4.78 is 15.2. The Morgan fingerprint density at radius 2 is 1.89 bits per heavy atom. The smallest absolute Gasteiger partial charge is 0.305 e. The van der Waals surface area contributed by atoms with Crippen LogP contribution in [0.25, 0.3) is 0 Å². The van der Waals surface area contributed by atoms with Crippen LogP contribution in [0.5, 0.6) is 0 Å². The normalized spacial score (nSPS) is 17.1. The number of hydrogen-bond acceptors (Lipinski definition) is 5. The van der Waals surface area contributed by atoms with Crippen LogP contribution in [0.2, 0.25) is 0 Å². The molecule has 2 heterocycles. The number of piperidine rings is 1. The lowest BCUT2D eigenvalue weighted by molar-refractivity contribution is -0.138. The van der Waals surface area contributed by atoms with E-state index in [1.54, 1.807) is 0 Å². The summed E-state index contributed by atoms with van der Waals surface area (Å²) >= 11 is 0. The number of amides is 1. The molecule has 1 aromatic heterocycles. The van der Waals surface area contributed by atoms with Crippen LogP contribution < -0.4 is 5.32 Å². The van der Waals surface area contributed by atoms with Crippen molar-refractivity contribution in [2.45, 2.75) is 57.3 Å². The second-order valence-electron chi connectivity index (χ2n) is 8.90. The van der Waals surface area contributed by atoms with Crippen LogP contribution in [-0.4, -0.2) is 49.5 Å². The molecule has 0 bridgehead atoms. The molecule has 4 rings (SSSR count). The maximum absolute atomic E-state index is 13.3. The summed E-state index contributed by atoms with van der Waals surface area (Å²) in [5.74, 6) is -1.67. The van der Waals surface area contributed by atoms with Gasteiger partial charge in [0.2, 0.25) is 5.91 Å². The van der Waals surface area contributed by atoms with E-state index in [1.165, 1.54) is 29.8 Å². The highest BCUT2D eigenvalue weighted by atomic mass is 19.1. The molecule has 0 saturated carbocycles. The number of aliphatic carboxylic acids is 1. The minimum Gasteiger partial charge on any atom is -0.481 e. The molecule has 35 heavy (non-hydrogen) atoms. The molecular formula is C26H30FN5O3. The summed E-state index contributed by atoms with van der Waals surface area (Å²) in [4.78, 5) is 26.7. The highest BCUT2D eigenvalue weighted by molar-refractivity contribution is 5.83. The molecule has 3 aromatic rings. The van der Waals surface area contributed by atoms with Crippen molar-refractivity contribution in [2.24, 2.45) is 0 Å². The van der Waals surface area contributed by atoms with Gasteiger partial charge < -0.3 is 10.4 Å². The van der Waals surface area contributed by atoms with Gasteiger partial charge in [-0.1, -0.05) is 54.1 Å². The van der Waals surface area contributed by atoms with Crippen LogP contribution in [0.3, 0.4) is 0 Å². The van der Waals surface area contributed by atoms with Gasteiger partial charge in [0.25, 0.3) is 0 Å². The molecule has 0 radical (unpaired) electrons. The van der Waals surface area contributed by atoms with Crippen LogP contribution >= 0.6 is 0 Å². The molecule has 1 amide bonds. The fourth-order valence-electron chi connectivity index (χ4n) is 4.48. The Morgan fingerprint density at radius 1 is 1.11 bits per heavy atom. The third kappa shape index (κ3) is 6.95. The number of aromatic nitrogens is 3. The number of carbonyl (C=O) groups is 2. The Balaban J connectivity index is 1.39. The van der Waals surface area contributed by atoms with Crippen LogP contribution in [-0.2, 0) is 29.1 Å². The highest BCUT2D eigenvalue weighted by Crippen LogP contribution is 2.23. The molecule has 8 nitrogen and oxygen atoms in total. The van der Waals surface area contributed by atoms with Gasteiger partial charge in [-0.15, -0.1) is 5.10 Å². The Hall–Kier alpha value is -3.59. The van der Waals surface area contributed by atoms with Crippen molar-refractivity contribution < 1.29 is 19.1 Å². The average molecular weight is 480 g/mol. The minimum absolute atomic E-state index is 0.225. The molecule has 2 atom stereocenters. The zero-order valence-electron chi connectivity index (χ0n) is 19.5. The van der Waals surface area contributed by atoms with Gasteiger partial charge in [-0.2, -0.15) is 0 Å². The highest BCUT2D eigenvalue weighted by Gasteiger charge is 2.31. The summed E-state index contributed by atoms with van der Waals surface area (Å²) in [6.45, 7) is 1.95. The number of carboxylic acid groups (broad SMARTS) is 1. The first-order valence-corrected chi connectivity index (χ1v) is 11.9. The second kappa shape index (κ2) is 11.7. The van der Waals surface area contributed by atoms with Gasteiger partial charge >= 0.3 is 5.97 Å². The molecule has 2 N–H and O–H groups in total. The summed E-state index contributed by atoms with van der Waals surface area (Å²) in [6, 6.07) is 14.6. The van der Waals surface area contributed by atoms with Gasteiger partial charge in [0.05, 0.1) is 24.2 Å². The molecule has 1 fully saturated rings. The van der Waals surface area contributed by atoms with E-state index >= 15 is 0 Å². The Bertz CT molecular complexity index is 1120. The lowest BCUT2D eigenvalue weighted by Gasteiger charge is -2.35. The van der Waals surface area contributed by atoms with E-state index in [0.29, 0.717) is 18.5 Å². The predicted octanol–water partition coefficient (Wildman–Crippen LogP) is 3.35. The zero-order chi connectivity index (χ0) is 24.6. The Kier molecular flexibility index (Phi) is 8.20. The molecular weight excluding hydrogens is 449 g/mol. The van der Waals surface area contributed by atoms with Crippen LogP contribution in [0.4, 0.5) is 4.39 Å². The minimum atomic E-state index is -1.03. The van der Waals surface area contributed by atoms with Gasteiger partial charge in [0.15, 0.2) is 0 Å². The molecule has 1 unspecified atom stereocenters. The van der Waals surface area contributed by atoms with Crippen molar-refractivity contribution in [3.8, 4) is 0 Å². The third-order valence-corrected chi connectivity index (χ3v) is 6.31. The number of halogens is 1. The predicted molar refractivity (Wildman–Crippen MR) is 128 cm³/mol. The van der Waals surface area contributed by atoms with Crippen molar-refractivity contribution in [2.75, 3.05) is 6.54 Å². The standard InChI is InChI=1S/C26H30FN5O3/c27-21-11-9-20(10-12-21)23(16-25(33)34)28-26(35)24-8-4-5-14-31(24)17-22-18-32(30-29-22)15-13-19-6-2-1-3-7-19/h1-3,6-7,9-12,18,23-24H,4-5,8,13-17H2,(H,28,35)(H,33,34)/t23-,24?/m0/s1. The summed E-state index contributed by atoms with van der Waals surface area (Å²) in [5, 5.41) is 20.8. The van der Waals surface area contributed by atoms with Crippen molar-refractivity contribution in [3.63, 3.8) is 0 Å². The number of likely N-dealkylation sites (tertiary alicyclic amines) is 1. The number of nitrogens with zero attached hydrogens (tertiary/aromatic N) is 4. The number of benzene rings is 2. The molecule has 9 heteroatoms. The SMILES string of the molecule is O=C(O)C[C@H](NC(=O)C1CCCCN1Cc1cn(CCc2ccccc2)nn1)c1ccc(F)cc1. The van der Waals surface area contributed by atoms with Crippen LogP contribution in [0.1, 0.15) is 48.5 Å². The second-order valence-corrected chi connectivity index (χ2v) is 8.90. The summed E-state index contributed by atoms with van der Waals surface area (Å²) in [6.07, 6.45) is 5.06. The largest absolute Gasteiger partial charge is 0.481 e. The van der Waals surface area contributed by atoms with Crippen LogP contribution in [0, 0.1) is 5.82 Å². The first-order chi connectivity index (χ1) is 17.0. The molecule has 0 spiro atoms. The van der Waals surface area contributed by atoms with E-state index in [1.807, 2.05) is 29.1 Å². The number of nitrogens with one attached hydrogen (secondary N) is 1. The number of rotatable bonds is 10. The molecule has 0 aliphatic carbocycles. The van der Waals surface area contributed by atoms with Gasteiger partial charge in [-0.25, -0.2) is 4.39 Å². The third-order valence-electron chi connectivity index (χ3n) is 6.31. The number of carbonyl (C=O) groups excluding carboxylic acids is 1. The van der Waals surface area contributed by atoms with Crippen molar-refractivity contribution >= 4 is 11.9 Å². The molecule has 1 aliphatic rings. The topological polar surface area (TPSA) is 100 Å². The lowest BCUT2D eigenvalue weighted by Crippen LogP contribution is -2.50. The monoisotopic (exact) mass is 479 g/mol. The van der Waals surface area contributed by atoms with Gasteiger partial charge in [-0.05, 0) is 49.1 Å². The average Bonchev–Trinajstić information content (AvgIpc) is 3.31. The summed E-state index contributed by atoms with van der Waals surface area (Å²) in [7, 11) is 0. The van der Waals surface area contributed by atoms with Crippen LogP contribution in [0.15, 0.2) is 60.8 Å². The first-order valence-electron chi connectivity index (χ1n) is 11.9. The van der Waals surface area contributed by atoms with Crippen molar-refractivity contribution in [1.29, 1.82) is 0 Å². The molecule has 2 aromatic carbocycles. The van der Waals surface area contributed by atoms with E-state index in [2.05, 4.69) is 32.7 Å². The van der Waals surface area contributed by atoms with Gasteiger partial charge in [-0.3, -0.25) is 19.2 Å². The van der Waals surface area contributed by atoms with E-state index < -0.39 is 23.9 Å². The first kappa shape index (κ1) is 24.5. The summed E-state index contributed by atoms with van der Waals surface area (Å²) in [5.41, 5.74) is 2.58. The molecule has 1 aliphatic heterocycles.